The molecule has 2 atom stereocenters. The number of amides is 1. The van der Waals surface area contributed by atoms with Crippen molar-refractivity contribution in [2.45, 2.75) is 26.8 Å². The molecule has 156 valence electrons. The minimum absolute atomic E-state index is 0.290. The number of aromatic nitrogens is 1. The van der Waals surface area contributed by atoms with Crippen LogP contribution in [0, 0.1) is 11.8 Å². The Kier molecular flexibility index (Phi) is 6.38. The average molecular weight is 415 g/mol. The molecule has 2 aliphatic heterocycles. The number of rotatable bonds is 4. The normalized spacial score (nSPS) is 24.2. The number of piperidine rings is 1. The van der Waals surface area contributed by atoms with Gasteiger partial charge in [-0.2, -0.15) is 0 Å². The van der Waals surface area contributed by atoms with E-state index in [9.17, 15) is 4.79 Å². The number of hydrogen-bond acceptors (Lipinski definition) is 4. The molecular weight excluding hydrogens is 384 g/mol. The summed E-state index contributed by atoms with van der Waals surface area (Å²) in [7, 11) is 0. The summed E-state index contributed by atoms with van der Waals surface area (Å²) in [5.41, 5.74) is 2.09. The predicted molar refractivity (Wildman–Crippen MR) is 118 cm³/mol. The number of piperazine rings is 1. The van der Waals surface area contributed by atoms with E-state index in [-0.39, 0.29) is 5.91 Å². The van der Waals surface area contributed by atoms with E-state index < -0.39 is 0 Å². The Morgan fingerprint density at radius 3 is 2.48 bits per heavy atom. The zero-order valence-electron chi connectivity index (χ0n) is 17.5. The molecule has 0 aliphatic carbocycles. The van der Waals surface area contributed by atoms with Crippen LogP contribution in [0.4, 0.5) is 0 Å². The van der Waals surface area contributed by atoms with Crippen LogP contribution < -0.4 is 0 Å². The number of pyridine rings is 1. The second kappa shape index (κ2) is 8.99. The highest BCUT2D eigenvalue weighted by Gasteiger charge is 2.27. The van der Waals surface area contributed by atoms with Crippen molar-refractivity contribution in [3.63, 3.8) is 0 Å². The lowest BCUT2D eigenvalue weighted by Crippen LogP contribution is -2.51. The number of likely N-dealkylation sites (tertiary alicyclic amines) is 1. The van der Waals surface area contributed by atoms with Crippen molar-refractivity contribution in [2.75, 3.05) is 45.8 Å². The van der Waals surface area contributed by atoms with Crippen LogP contribution >= 0.6 is 11.6 Å². The van der Waals surface area contributed by atoms with Gasteiger partial charge in [-0.15, -0.1) is 0 Å². The van der Waals surface area contributed by atoms with Crippen molar-refractivity contribution in [3.05, 3.63) is 41.0 Å². The molecule has 0 spiro atoms. The Morgan fingerprint density at radius 1 is 1.07 bits per heavy atom. The molecule has 2 aromatic rings. The molecule has 3 heterocycles. The number of nitrogens with zero attached hydrogens (tertiary/aromatic N) is 4. The van der Waals surface area contributed by atoms with Crippen molar-refractivity contribution < 1.29 is 4.79 Å². The lowest BCUT2D eigenvalue weighted by Gasteiger charge is -2.38. The van der Waals surface area contributed by atoms with Gasteiger partial charge in [-0.05, 0) is 30.4 Å². The summed E-state index contributed by atoms with van der Waals surface area (Å²) < 4.78 is 0. The number of fused-ring (bicyclic) bond motifs is 1. The molecule has 2 saturated heterocycles. The maximum absolute atomic E-state index is 12.8. The second-order valence-electron chi connectivity index (χ2n) is 8.90. The highest BCUT2D eigenvalue weighted by molar-refractivity contribution is 6.32. The smallest absolute Gasteiger partial charge is 0.236 e. The largest absolute Gasteiger partial charge is 0.341 e. The highest BCUT2D eigenvalue weighted by Crippen LogP contribution is 2.26. The van der Waals surface area contributed by atoms with E-state index in [1.165, 1.54) is 6.42 Å². The second-order valence-corrected chi connectivity index (χ2v) is 9.31. The molecule has 2 fully saturated rings. The van der Waals surface area contributed by atoms with Crippen LogP contribution in [-0.2, 0) is 11.3 Å². The fraction of sp³-hybridized carbons (Fsp3) is 0.565. The molecule has 29 heavy (non-hydrogen) atoms. The third-order valence-electron chi connectivity index (χ3n) is 6.25. The van der Waals surface area contributed by atoms with E-state index in [4.69, 9.17) is 11.6 Å². The topological polar surface area (TPSA) is 39.7 Å². The van der Waals surface area contributed by atoms with E-state index in [0.717, 1.165) is 67.3 Å². The summed E-state index contributed by atoms with van der Waals surface area (Å²) in [6, 6.07) is 8.03. The summed E-state index contributed by atoms with van der Waals surface area (Å²) in [6.07, 6.45) is 3.06. The summed E-state index contributed by atoms with van der Waals surface area (Å²) in [6.45, 7) is 11.4. The van der Waals surface area contributed by atoms with Gasteiger partial charge >= 0.3 is 0 Å². The zero-order valence-corrected chi connectivity index (χ0v) is 18.2. The summed E-state index contributed by atoms with van der Waals surface area (Å²) in [4.78, 5) is 24.1. The molecule has 0 saturated carbocycles. The monoisotopic (exact) mass is 414 g/mol. The molecule has 1 aromatic carbocycles. The van der Waals surface area contributed by atoms with Gasteiger partial charge in [0.25, 0.3) is 0 Å². The first-order chi connectivity index (χ1) is 14.0. The van der Waals surface area contributed by atoms with Crippen LogP contribution in [0.15, 0.2) is 30.5 Å². The zero-order chi connectivity index (χ0) is 20.4. The van der Waals surface area contributed by atoms with Crippen LogP contribution in [-0.4, -0.2) is 71.4 Å². The van der Waals surface area contributed by atoms with Crippen molar-refractivity contribution >= 4 is 28.4 Å². The third kappa shape index (κ3) is 4.90. The number of carbonyl (C=O) groups is 1. The Bertz CT molecular complexity index is 855. The number of carbonyl (C=O) groups excluding carboxylic acids is 1. The van der Waals surface area contributed by atoms with Gasteiger partial charge in [0.2, 0.25) is 5.91 Å². The molecule has 2 aliphatic rings. The van der Waals surface area contributed by atoms with Crippen LogP contribution in [0.3, 0.4) is 0 Å². The van der Waals surface area contributed by atoms with Gasteiger partial charge in [0, 0.05) is 68.0 Å². The summed E-state index contributed by atoms with van der Waals surface area (Å²) in [5.74, 6) is 1.51. The Hall–Kier alpha value is -1.69. The van der Waals surface area contributed by atoms with E-state index in [1.54, 1.807) is 0 Å². The maximum atomic E-state index is 12.8. The predicted octanol–water partition coefficient (Wildman–Crippen LogP) is 3.51. The minimum atomic E-state index is 0.290. The molecule has 6 heteroatoms. The van der Waals surface area contributed by atoms with Gasteiger partial charge in [-0.1, -0.05) is 37.6 Å². The van der Waals surface area contributed by atoms with Gasteiger partial charge in [0.1, 0.15) is 0 Å². The fourth-order valence-electron chi connectivity index (χ4n) is 4.82. The minimum Gasteiger partial charge on any atom is -0.341 e. The summed E-state index contributed by atoms with van der Waals surface area (Å²) >= 11 is 6.50. The first-order valence-electron chi connectivity index (χ1n) is 10.7. The Balaban J connectivity index is 1.32. The van der Waals surface area contributed by atoms with E-state index in [2.05, 4.69) is 39.6 Å². The molecular formula is C23H31ClN4O. The van der Waals surface area contributed by atoms with Gasteiger partial charge in [-0.3, -0.25) is 19.6 Å². The van der Waals surface area contributed by atoms with E-state index in [0.29, 0.717) is 18.4 Å². The molecule has 0 radical (unpaired) electrons. The lowest BCUT2D eigenvalue weighted by molar-refractivity contribution is -0.135. The third-order valence-corrected chi connectivity index (χ3v) is 6.60. The molecule has 2 unspecified atom stereocenters. The van der Waals surface area contributed by atoms with Crippen LogP contribution in [0.2, 0.25) is 5.02 Å². The summed E-state index contributed by atoms with van der Waals surface area (Å²) in [5, 5.41) is 1.91. The SMILES string of the molecule is CC1CC(C)CN(C(=O)CN2CCN(Cc3c(Cl)ccc4cccnc34)CC2)C1. The van der Waals surface area contributed by atoms with Crippen molar-refractivity contribution in [1.82, 2.24) is 19.7 Å². The van der Waals surface area contributed by atoms with Crippen LogP contribution in [0.1, 0.15) is 25.8 Å². The van der Waals surface area contributed by atoms with Crippen molar-refractivity contribution in [1.29, 1.82) is 0 Å². The highest BCUT2D eigenvalue weighted by atomic mass is 35.5. The fourth-order valence-corrected chi connectivity index (χ4v) is 5.03. The molecule has 0 N–H and O–H groups in total. The van der Waals surface area contributed by atoms with Crippen molar-refractivity contribution in [2.24, 2.45) is 11.8 Å². The van der Waals surface area contributed by atoms with E-state index in [1.807, 2.05) is 24.4 Å². The molecule has 5 nitrogen and oxygen atoms in total. The first kappa shape index (κ1) is 20.6. The van der Waals surface area contributed by atoms with Crippen LogP contribution in [0.5, 0.6) is 0 Å². The van der Waals surface area contributed by atoms with Gasteiger partial charge in [0.05, 0.1) is 12.1 Å². The quantitative estimate of drug-likeness (QED) is 0.767. The molecule has 4 rings (SSSR count). The van der Waals surface area contributed by atoms with Gasteiger partial charge < -0.3 is 4.90 Å². The first-order valence-corrected chi connectivity index (χ1v) is 11.1. The average Bonchev–Trinajstić information content (AvgIpc) is 2.71. The Labute approximate surface area is 178 Å². The molecule has 1 aromatic heterocycles. The number of halogens is 1. The number of benzene rings is 1. The lowest BCUT2D eigenvalue weighted by atomic mass is 9.92. The van der Waals surface area contributed by atoms with Crippen molar-refractivity contribution in [3.8, 4) is 0 Å². The Morgan fingerprint density at radius 2 is 1.76 bits per heavy atom. The van der Waals surface area contributed by atoms with E-state index >= 15 is 0 Å². The molecule has 1 amide bonds. The number of hydrogen-bond donors (Lipinski definition) is 0. The van der Waals surface area contributed by atoms with Crippen LogP contribution in [0.25, 0.3) is 10.9 Å². The van der Waals surface area contributed by atoms with Gasteiger partial charge in [0.15, 0.2) is 0 Å². The maximum Gasteiger partial charge on any atom is 0.236 e. The van der Waals surface area contributed by atoms with Gasteiger partial charge in [-0.25, -0.2) is 0 Å². The standard InChI is InChI=1S/C23H31ClN4O/c1-17-12-18(2)14-28(13-17)22(29)16-27-10-8-26(9-11-27)15-20-21(24)6-5-19-4-3-7-25-23(19)20/h3-7,17-18H,8-16H2,1-2H3. The molecule has 0 bridgehead atoms.